The number of halogens is 1. The molecule has 0 spiro atoms. The number of carbonyl (C=O) groups excluding carboxylic acids is 1. The molecule has 0 bridgehead atoms. The number of aromatic nitrogens is 1. The predicted octanol–water partition coefficient (Wildman–Crippen LogP) is 2.06. The van der Waals surface area contributed by atoms with E-state index in [0.29, 0.717) is 28.7 Å². The molecule has 0 radical (unpaired) electrons. The number of benzene rings is 1. The minimum Gasteiger partial charge on any atom is -0.394 e. The van der Waals surface area contributed by atoms with E-state index >= 15 is 0 Å². The average molecular weight is 286 g/mol. The fourth-order valence-corrected chi connectivity index (χ4v) is 2.63. The lowest BCUT2D eigenvalue weighted by molar-refractivity contribution is 0.0702. The van der Waals surface area contributed by atoms with Crippen molar-refractivity contribution in [2.45, 2.75) is 13.0 Å². The van der Waals surface area contributed by atoms with Crippen LogP contribution >= 0.6 is 0 Å². The van der Waals surface area contributed by atoms with Gasteiger partial charge in [0.25, 0.3) is 5.91 Å². The minimum atomic E-state index is -0.380. The number of rotatable bonds is 2. The molecule has 0 saturated carbocycles. The van der Waals surface area contributed by atoms with E-state index in [9.17, 15) is 14.3 Å². The van der Waals surface area contributed by atoms with Gasteiger partial charge in [-0.1, -0.05) is 12.2 Å². The Morgan fingerprint density at radius 2 is 2.29 bits per heavy atom. The number of hydrogen-bond donors (Lipinski definition) is 1. The van der Waals surface area contributed by atoms with Crippen molar-refractivity contribution >= 4 is 16.8 Å². The van der Waals surface area contributed by atoms with Crippen molar-refractivity contribution in [2.75, 3.05) is 13.2 Å². The van der Waals surface area contributed by atoms with Gasteiger partial charge in [0.1, 0.15) is 5.82 Å². The summed E-state index contributed by atoms with van der Waals surface area (Å²) in [6.45, 7) is 2.12. The van der Waals surface area contributed by atoms with Crippen molar-refractivity contribution in [3.8, 4) is 0 Å². The first-order valence-corrected chi connectivity index (χ1v) is 6.75. The molecule has 2 aromatic rings. The molecule has 1 amide bonds. The largest absolute Gasteiger partial charge is 0.394 e. The van der Waals surface area contributed by atoms with Crippen LogP contribution in [-0.4, -0.2) is 40.1 Å². The number of hydrogen-bond acceptors (Lipinski definition) is 3. The number of pyridine rings is 1. The summed E-state index contributed by atoms with van der Waals surface area (Å²) in [6, 6.07) is 5.62. The summed E-state index contributed by atoms with van der Waals surface area (Å²) >= 11 is 0. The van der Waals surface area contributed by atoms with E-state index in [0.717, 1.165) is 0 Å². The van der Waals surface area contributed by atoms with Gasteiger partial charge < -0.3 is 10.0 Å². The average Bonchev–Trinajstić information content (AvgIpc) is 2.93. The van der Waals surface area contributed by atoms with Gasteiger partial charge in [0.15, 0.2) is 0 Å². The second kappa shape index (κ2) is 5.26. The first-order valence-electron chi connectivity index (χ1n) is 6.75. The van der Waals surface area contributed by atoms with E-state index in [1.54, 1.807) is 24.0 Å². The van der Waals surface area contributed by atoms with Gasteiger partial charge >= 0.3 is 0 Å². The lowest BCUT2D eigenvalue weighted by atomic mass is 10.1. The van der Waals surface area contributed by atoms with Crippen LogP contribution in [0.15, 0.2) is 36.4 Å². The molecule has 3 rings (SSSR count). The molecular weight excluding hydrogens is 271 g/mol. The van der Waals surface area contributed by atoms with Crippen LogP contribution in [0.4, 0.5) is 4.39 Å². The maximum Gasteiger partial charge on any atom is 0.255 e. The van der Waals surface area contributed by atoms with E-state index < -0.39 is 0 Å². The number of nitrogens with zero attached hydrogens (tertiary/aromatic N) is 2. The van der Waals surface area contributed by atoms with E-state index in [4.69, 9.17) is 0 Å². The summed E-state index contributed by atoms with van der Waals surface area (Å²) < 4.78 is 13.3. The summed E-state index contributed by atoms with van der Waals surface area (Å²) in [5, 5.41) is 9.95. The fraction of sp³-hybridized carbons (Fsp3) is 0.250. The third kappa shape index (κ3) is 2.40. The zero-order valence-corrected chi connectivity index (χ0v) is 11.6. The first-order chi connectivity index (χ1) is 10.1. The highest BCUT2D eigenvalue weighted by Gasteiger charge is 2.26. The Hall–Kier alpha value is -2.27. The predicted molar refractivity (Wildman–Crippen MR) is 77.5 cm³/mol. The van der Waals surface area contributed by atoms with Crippen molar-refractivity contribution in [3.63, 3.8) is 0 Å². The quantitative estimate of drug-likeness (QED) is 0.860. The first kappa shape index (κ1) is 13.7. The molecule has 4 nitrogen and oxygen atoms in total. The number of aryl methyl sites for hydroxylation is 1. The molecule has 1 aromatic carbocycles. The Bertz CT molecular complexity index is 737. The van der Waals surface area contributed by atoms with Crippen LogP contribution in [0.2, 0.25) is 0 Å². The number of aliphatic hydroxyl groups excluding tert-OH is 1. The van der Waals surface area contributed by atoms with E-state index in [-0.39, 0.29) is 24.4 Å². The summed E-state index contributed by atoms with van der Waals surface area (Å²) in [4.78, 5) is 18.6. The van der Waals surface area contributed by atoms with Crippen LogP contribution < -0.4 is 0 Å². The molecule has 1 N–H and O–H groups in total. The maximum atomic E-state index is 13.3. The Kier molecular flexibility index (Phi) is 3.43. The zero-order valence-electron chi connectivity index (χ0n) is 11.6. The summed E-state index contributed by atoms with van der Waals surface area (Å²) in [7, 11) is 0. The molecule has 1 atom stereocenters. The Morgan fingerprint density at radius 1 is 1.48 bits per heavy atom. The summed E-state index contributed by atoms with van der Waals surface area (Å²) in [5.74, 6) is -0.559. The third-order valence-electron chi connectivity index (χ3n) is 3.64. The molecule has 1 aliphatic rings. The highest BCUT2D eigenvalue weighted by Crippen LogP contribution is 2.23. The van der Waals surface area contributed by atoms with Gasteiger partial charge in [0, 0.05) is 23.7 Å². The van der Waals surface area contributed by atoms with E-state index in [1.165, 1.54) is 12.1 Å². The van der Waals surface area contributed by atoms with Crippen LogP contribution in [0.3, 0.4) is 0 Å². The van der Waals surface area contributed by atoms with Crippen LogP contribution in [0, 0.1) is 12.7 Å². The maximum absolute atomic E-state index is 13.3. The Balaban J connectivity index is 2.09. The number of carbonyl (C=O) groups is 1. The normalized spacial score (nSPS) is 17.7. The van der Waals surface area contributed by atoms with Gasteiger partial charge in [0.2, 0.25) is 0 Å². The molecule has 0 aliphatic carbocycles. The molecule has 0 fully saturated rings. The third-order valence-corrected chi connectivity index (χ3v) is 3.64. The molecule has 108 valence electrons. The standard InChI is InChI=1S/C16H15FN2O2/c1-10-7-14(13-5-4-11(17)8-15(13)18-10)16(21)19-6-2-3-12(19)9-20/h2-5,7-8,12,20H,6,9H2,1H3/t12-/m0/s1. The van der Waals surface area contributed by atoms with Crippen molar-refractivity contribution < 1.29 is 14.3 Å². The topological polar surface area (TPSA) is 53.4 Å². The van der Waals surface area contributed by atoms with Gasteiger partial charge in [0.05, 0.1) is 23.7 Å². The second-order valence-electron chi connectivity index (χ2n) is 5.11. The second-order valence-corrected chi connectivity index (χ2v) is 5.11. The molecule has 21 heavy (non-hydrogen) atoms. The van der Waals surface area contributed by atoms with Crippen molar-refractivity contribution in [1.82, 2.24) is 9.88 Å². The number of amides is 1. The molecule has 1 aromatic heterocycles. The molecule has 5 heteroatoms. The van der Waals surface area contributed by atoms with Gasteiger partial charge in [-0.05, 0) is 25.1 Å². The smallest absolute Gasteiger partial charge is 0.255 e. The van der Waals surface area contributed by atoms with Crippen molar-refractivity contribution in [3.05, 3.63) is 53.5 Å². The number of fused-ring (bicyclic) bond motifs is 1. The monoisotopic (exact) mass is 286 g/mol. The van der Waals surface area contributed by atoms with Gasteiger partial charge in [-0.25, -0.2) is 4.39 Å². The lowest BCUT2D eigenvalue weighted by Gasteiger charge is -2.23. The van der Waals surface area contributed by atoms with Gasteiger partial charge in [-0.2, -0.15) is 0 Å². The fourth-order valence-electron chi connectivity index (χ4n) is 2.63. The molecule has 0 saturated heterocycles. The Morgan fingerprint density at radius 3 is 3.05 bits per heavy atom. The lowest BCUT2D eigenvalue weighted by Crippen LogP contribution is -2.38. The van der Waals surface area contributed by atoms with Crippen molar-refractivity contribution in [2.24, 2.45) is 0 Å². The molecule has 1 aliphatic heterocycles. The highest BCUT2D eigenvalue weighted by molar-refractivity contribution is 6.06. The van der Waals surface area contributed by atoms with E-state index in [1.807, 2.05) is 12.2 Å². The van der Waals surface area contributed by atoms with Crippen LogP contribution in [0.1, 0.15) is 16.1 Å². The van der Waals surface area contributed by atoms with Crippen LogP contribution in [-0.2, 0) is 0 Å². The molecule has 0 unspecified atom stereocenters. The van der Waals surface area contributed by atoms with E-state index in [2.05, 4.69) is 4.98 Å². The SMILES string of the molecule is Cc1cc(C(=O)N2CC=C[C@H]2CO)c2ccc(F)cc2n1. The van der Waals surface area contributed by atoms with Crippen molar-refractivity contribution in [1.29, 1.82) is 0 Å². The summed E-state index contributed by atoms with van der Waals surface area (Å²) in [5.41, 5.74) is 1.61. The van der Waals surface area contributed by atoms with Gasteiger partial charge in [-0.3, -0.25) is 9.78 Å². The molecular formula is C16H15FN2O2. The van der Waals surface area contributed by atoms with Crippen LogP contribution in [0.25, 0.3) is 10.9 Å². The Labute approximate surface area is 121 Å². The zero-order chi connectivity index (χ0) is 15.0. The van der Waals surface area contributed by atoms with Gasteiger partial charge in [-0.15, -0.1) is 0 Å². The highest BCUT2D eigenvalue weighted by atomic mass is 19.1. The minimum absolute atomic E-state index is 0.112. The molecule has 2 heterocycles. The number of aliphatic hydroxyl groups is 1. The van der Waals surface area contributed by atoms with Crippen LogP contribution in [0.5, 0.6) is 0 Å². The summed E-state index contributed by atoms with van der Waals surface area (Å²) in [6.07, 6.45) is 3.67.